The van der Waals surface area contributed by atoms with Crippen molar-refractivity contribution in [2.24, 2.45) is 0 Å². The summed E-state index contributed by atoms with van der Waals surface area (Å²) in [6.07, 6.45) is 0. The van der Waals surface area contributed by atoms with Crippen molar-refractivity contribution in [3.05, 3.63) is 41.0 Å². The zero-order valence-corrected chi connectivity index (χ0v) is 10.8. The van der Waals surface area contributed by atoms with E-state index >= 15 is 0 Å². The van der Waals surface area contributed by atoms with Crippen LogP contribution in [0.15, 0.2) is 34.9 Å². The van der Waals surface area contributed by atoms with E-state index in [-0.39, 0.29) is 5.78 Å². The maximum atomic E-state index is 11.0. The minimum atomic E-state index is -0.128. The fourth-order valence-corrected chi connectivity index (χ4v) is 1.46. The van der Waals surface area contributed by atoms with Crippen molar-refractivity contribution in [1.82, 2.24) is 5.16 Å². The number of carbonyl (C=O) groups excluding carboxylic acids is 1. The summed E-state index contributed by atoms with van der Waals surface area (Å²) in [6, 6.07) is 8.83. The zero-order chi connectivity index (χ0) is 12.8. The van der Waals surface area contributed by atoms with E-state index in [4.69, 9.17) is 16.1 Å². The molecule has 1 aromatic heterocycles. The van der Waals surface area contributed by atoms with Crippen LogP contribution in [0.2, 0.25) is 5.02 Å². The molecule has 0 aliphatic carbocycles. The molecule has 3 nitrogen and oxygen atoms in total. The van der Waals surface area contributed by atoms with E-state index in [1.807, 2.05) is 32.0 Å². The predicted octanol–water partition coefficient (Wildman–Crippen LogP) is 4.22. The molecule has 0 aliphatic rings. The molecule has 1 heterocycles. The molecule has 17 heavy (non-hydrogen) atoms. The van der Waals surface area contributed by atoms with Crippen molar-refractivity contribution in [3.8, 4) is 11.3 Å². The molecule has 0 radical (unpaired) electrons. The molecule has 0 fully saturated rings. The number of benzene rings is 1. The molecule has 0 N–H and O–H groups in total. The number of aromatic nitrogens is 1. The maximum Gasteiger partial charge on any atom is 0.181 e. The van der Waals surface area contributed by atoms with Crippen LogP contribution >= 0.6 is 11.6 Å². The van der Waals surface area contributed by atoms with Gasteiger partial charge in [0.05, 0.1) is 5.02 Å². The van der Waals surface area contributed by atoms with Crippen molar-refractivity contribution in [2.45, 2.75) is 20.8 Å². The molecule has 0 unspecified atom stereocenters. The Kier molecular flexibility index (Phi) is 4.91. The summed E-state index contributed by atoms with van der Waals surface area (Å²) in [5.74, 6) is 0.378. The van der Waals surface area contributed by atoms with Crippen LogP contribution in [-0.4, -0.2) is 10.9 Å². The minimum Gasteiger partial charge on any atom is -0.356 e. The number of carbonyl (C=O) groups is 1. The lowest BCUT2D eigenvalue weighted by Crippen LogP contribution is -1.89. The van der Waals surface area contributed by atoms with Crippen molar-refractivity contribution in [2.75, 3.05) is 0 Å². The van der Waals surface area contributed by atoms with Gasteiger partial charge in [0.1, 0.15) is 5.69 Å². The molecule has 4 heteroatoms. The summed E-state index contributed by atoms with van der Waals surface area (Å²) in [4.78, 5) is 11.0. The first-order valence-corrected chi connectivity index (χ1v) is 5.79. The highest BCUT2D eigenvalue weighted by Gasteiger charge is 2.11. The maximum absolute atomic E-state index is 11.0. The molecule has 0 atom stereocenters. The van der Waals surface area contributed by atoms with Crippen molar-refractivity contribution in [1.29, 1.82) is 0 Å². The van der Waals surface area contributed by atoms with Gasteiger partial charge in [-0.2, -0.15) is 0 Å². The third-order valence-electron chi connectivity index (χ3n) is 2.01. The van der Waals surface area contributed by atoms with Crippen molar-refractivity contribution < 1.29 is 9.32 Å². The lowest BCUT2D eigenvalue weighted by atomic mass is 10.1. The summed E-state index contributed by atoms with van der Waals surface area (Å²) in [6.45, 7) is 5.44. The van der Waals surface area contributed by atoms with E-state index in [0.29, 0.717) is 16.5 Å². The molecule has 2 rings (SSSR count). The Morgan fingerprint density at radius 1 is 1.29 bits per heavy atom. The van der Waals surface area contributed by atoms with Crippen LogP contribution in [0.5, 0.6) is 0 Å². The standard InChI is InChI=1S/C11H8ClNO2.C2H6/c1-7(14)10-6-11(15-13-10)8-4-2-3-5-9(8)12;1-2/h2-6H,1H3;1-2H3. The Labute approximate surface area is 105 Å². The van der Waals surface area contributed by atoms with Gasteiger partial charge in [0.25, 0.3) is 0 Å². The van der Waals surface area contributed by atoms with Crippen LogP contribution < -0.4 is 0 Å². The van der Waals surface area contributed by atoms with Gasteiger partial charge in [0.15, 0.2) is 11.5 Å². The third kappa shape index (κ3) is 3.17. The monoisotopic (exact) mass is 251 g/mol. The van der Waals surface area contributed by atoms with E-state index in [1.54, 1.807) is 12.1 Å². The lowest BCUT2D eigenvalue weighted by Gasteiger charge is -1.96. The predicted molar refractivity (Wildman–Crippen MR) is 68.3 cm³/mol. The molecule has 90 valence electrons. The summed E-state index contributed by atoms with van der Waals surface area (Å²) >= 11 is 5.97. The number of nitrogens with zero attached hydrogens (tertiary/aromatic N) is 1. The average Bonchev–Trinajstić information content (AvgIpc) is 2.82. The summed E-state index contributed by atoms with van der Waals surface area (Å²) in [5.41, 5.74) is 1.05. The van der Waals surface area contributed by atoms with Gasteiger partial charge in [0.2, 0.25) is 0 Å². The van der Waals surface area contributed by atoms with Crippen LogP contribution in [0.1, 0.15) is 31.3 Å². The zero-order valence-electron chi connectivity index (χ0n) is 10.0. The third-order valence-corrected chi connectivity index (χ3v) is 2.34. The van der Waals surface area contributed by atoms with E-state index in [9.17, 15) is 4.79 Å². The van der Waals surface area contributed by atoms with Gasteiger partial charge < -0.3 is 4.52 Å². The second kappa shape index (κ2) is 6.21. The second-order valence-corrected chi connectivity index (χ2v) is 3.52. The van der Waals surface area contributed by atoms with E-state index in [0.717, 1.165) is 5.56 Å². The fraction of sp³-hybridized carbons (Fsp3) is 0.231. The highest BCUT2D eigenvalue weighted by Crippen LogP contribution is 2.27. The van der Waals surface area contributed by atoms with Crippen LogP contribution in [0.4, 0.5) is 0 Å². The number of hydrogen-bond donors (Lipinski definition) is 0. The molecular weight excluding hydrogens is 238 g/mol. The molecule has 0 saturated carbocycles. The SMILES string of the molecule is CC.CC(=O)c1cc(-c2ccccc2Cl)on1. The fourth-order valence-electron chi connectivity index (χ4n) is 1.23. The van der Waals surface area contributed by atoms with E-state index in [2.05, 4.69) is 5.16 Å². The van der Waals surface area contributed by atoms with Gasteiger partial charge in [0, 0.05) is 18.6 Å². The Morgan fingerprint density at radius 3 is 2.47 bits per heavy atom. The quantitative estimate of drug-likeness (QED) is 0.751. The van der Waals surface area contributed by atoms with Crippen LogP contribution in [0.3, 0.4) is 0 Å². The van der Waals surface area contributed by atoms with Crippen LogP contribution in [0.25, 0.3) is 11.3 Å². The Hall–Kier alpha value is -1.61. The summed E-state index contributed by atoms with van der Waals surface area (Å²) < 4.78 is 5.04. The van der Waals surface area contributed by atoms with Crippen molar-refractivity contribution >= 4 is 17.4 Å². The van der Waals surface area contributed by atoms with E-state index < -0.39 is 0 Å². The number of ketones is 1. The van der Waals surface area contributed by atoms with Crippen LogP contribution in [0, 0.1) is 0 Å². The van der Waals surface area contributed by atoms with Gasteiger partial charge in [-0.3, -0.25) is 4.79 Å². The highest BCUT2D eigenvalue weighted by molar-refractivity contribution is 6.33. The molecule has 0 spiro atoms. The van der Waals surface area contributed by atoms with Gasteiger partial charge in [-0.05, 0) is 12.1 Å². The molecular formula is C13H14ClNO2. The van der Waals surface area contributed by atoms with Gasteiger partial charge in [-0.25, -0.2) is 0 Å². The smallest absolute Gasteiger partial charge is 0.181 e. The Morgan fingerprint density at radius 2 is 1.94 bits per heavy atom. The Balaban J connectivity index is 0.000000686. The molecule has 1 aromatic carbocycles. The van der Waals surface area contributed by atoms with Gasteiger partial charge >= 0.3 is 0 Å². The largest absolute Gasteiger partial charge is 0.356 e. The molecule has 0 amide bonds. The van der Waals surface area contributed by atoms with Crippen LogP contribution in [-0.2, 0) is 0 Å². The summed E-state index contributed by atoms with van der Waals surface area (Å²) in [7, 11) is 0. The molecule has 2 aromatic rings. The minimum absolute atomic E-state index is 0.128. The normalized spacial score (nSPS) is 9.41. The first-order valence-electron chi connectivity index (χ1n) is 5.41. The Bertz CT molecular complexity index is 506. The molecule has 0 bridgehead atoms. The first kappa shape index (κ1) is 13.5. The lowest BCUT2D eigenvalue weighted by molar-refractivity contribution is 0.100. The van der Waals surface area contributed by atoms with Crippen molar-refractivity contribution in [3.63, 3.8) is 0 Å². The van der Waals surface area contributed by atoms with Gasteiger partial charge in [-0.15, -0.1) is 0 Å². The average molecular weight is 252 g/mol. The number of rotatable bonds is 2. The number of hydrogen-bond acceptors (Lipinski definition) is 3. The molecule has 0 aliphatic heterocycles. The first-order chi connectivity index (χ1) is 8.18. The van der Waals surface area contributed by atoms with E-state index in [1.165, 1.54) is 6.92 Å². The number of Topliss-reactive ketones (excluding diaryl/α,β-unsaturated/α-hetero) is 1. The number of halogens is 1. The molecule has 0 saturated heterocycles. The van der Waals surface area contributed by atoms with Gasteiger partial charge in [-0.1, -0.05) is 42.7 Å². The second-order valence-electron chi connectivity index (χ2n) is 3.11. The summed E-state index contributed by atoms with van der Waals surface area (Å²) in [5, 5.41) is 4.22. The highest BCUT2D eigenvalue weighted by atomic mass is 35.5. The topological polar surface area (TPSA) is 43.1 Å².